The molecule has 0 aromatic heterocycles. The Balaban J connectivity index is 0.00000312. The molecule has 25 heavy (non-hydrogen) atoms. The van der Waals surface area contributed by atoms with Crippen molar-refractivity contribution in [2.45, 2.75) is 18.6 Å². The van der Waals surface area contributed by atoms with Gasteiger partial charge in [0.1, 0.15) is 0 Å². The van der Waals surface area contributed by atoms with Gasteiger partial charge in [-0.2, -0.15) is 0 Å². The van der Waals surface area contributed by atoms with E-state index in [0.29, 0.717) is 5.96 Å². The molecule has 2 rings (SSSR count). The van der Waals surface area contributed by atoms with E-state index in [9.17, 15) is 8.42 Å². The van der Waals surface area contributed by atoms with Gasteiger partial charge in [0.15, 0.2) is 15.8 Å². The second kappa shape index (κ2) is 8.77. The molecule has 0 aliphatic carbocycles. The van der Waals surface area contributed by atoms with Crippen LogP contribution >= 0.6 is 35.6 Å². The normalized spacial score (nSPS) is 16.6. The van der Waals surface area contributed by atoms with E-state index in [1.54, 1.807) is 13.8 Å². The predicted octanol–water partition coefficient (Wildman–Crippen LogP) is 2.22. The van der Waals surface area contributed by atoms with Gasteiger partial charge in [-0.15, -0.1) is 24.0 Å². The molecular formula is C16H26ClIN4O2S. The maximum Gasteiger partial charge on any atom is 0.191 e. The lowest BCUT2D eigenvalue weighted by atomic mass is 10.2. The number of nitrogens with two attached hydrogens (primary N) is 1. The van der Waals surface area contributed by atoms with Crippen LogP contribution in [0.4, 0.5) is 5.69 Å². The van der Waals surface area contributed by atoms with Crippen LogP contribution in [0.5, 0.6) is 0 Å². The minimum Gasteiger partial charge on any atom is -0.370 e. The molecule has 142 valence electrons. The summed E-state index contributed by atoms with van der Waals surface area (Å²) in [6, 6.07) is 7.77. The van der Waals surface area contributed by atoms with Crippen molar-refractivity contribution in [2.24, 2.45) is 10.7 Å². The Morgan fingerprint density at radius 1 is 1.20 bits per heavy atom. The number of sulfone groups is 1. The van der Waals surface area contributed by atoms with E-state index in [1.807, 2.05) is 29.2 Å². The first-order chi connectivity index (χ1) is 11.1. The van der Waals surface area contributed by atoms with Crippen molar-refractivity contribution >= 4 is 57.1 Å². The van der Waals surface area contributed by atoms with Crippen LogP contribution in [0, 0.1) is 0 Å². The van der Waals surface area contributed by atoms with Crippen LogP contribution in [-0.4, -0.2) is 63.0 Å². The fraction of sp³-hybridized carbons (Fsp3) is 0.562. The van der Waals surface area contributed by atoms with Crippen molar-refractivity contribution < 1.29 is 8.42 Å². The number of nitrogens with zero attached hydrogens (tertiary/aromatic N) is 3. The zero-order chi connectivity index (χ0) is 18.0. The van der Waals surface area contributed by atoms with Gasteiger partial charge in [-0.1, -0.05) is 11.6 Å². The molecular weight excluding hydrogens is 475 g/mol. The summed E-state index contributed by atoms with van der Waals surface area (Å²) >= 11 is 5.92. The minimum absolute atomic E-state index is 0. The lowest BCUT2D eigenvalue weighted by Crippen LogP contribution is -2.51. The first kappa shape index (κ1) is 22.3. The molecule has 9 heteroatoms. The average molecular weight is 501 g/mol. The van der Waals surface area contributed by atoms with E-state index < -0.39 is 14.6 Å². The molecule has 0 unspecified atom stereocenters. The highest BCUT2D eigenvalue weighted by atomic mass is 127. The largest absolute Gasteiger partial charge is 0.370 e. The summed E-state index contributed by atoms with van der Waals surface area (Å²) in [4.78, 5) is 8.56. The molecule has 0 radical (unpaired) electrons. The summed E-state index contributed by atoms with van der Waals surface area (Å²) in [6.07, 6.45) is 1.23. The standard InChI is InChI=1S/C16H25ClN4O2S.HI/c1-16(2,24(3,22)23)12-19-15(18)21-10-8-20(9-11-21)14-6-4-13(17)5-7-14;/h4-7H,8-12H2,1-3H3,(H2,18,19);1H. The van der Waals surface area contributed by atoms with Crippen LogP contribution in [-0.2, 0) is 9.84 Å². The van der Waals surface area contributed by atoms with E-state index in [2.05, 4.69) is 9.89 Å². The number of anilines is 1. The first-order valence-electron chi connectivity index (χ1n) is 7.85. The minimum atomic E-state index is -3.18. The molecule has 2 N–H and O–H groups in total. The van der Waals surface area contributed by atoms with Crippen molar-refractivity contribution in [2.75, 3.05) is 43.9 Å². The summed E-state index contributed by atoms with van der Waals surface area (Å²) in [5.74, 6) is 0.405. The SMILES string of the molecule is CC(C)(CN=C(N)N1CCN(c2ccc(Cl)cc2)CC1)S(C)(=O)=O.I. The molecule has 1 saturated heterocycles. The fourth-order valence-electron chi connectivity index (χ4n) is 2.33. The molecule has 0 spiro atoms. The average Bonchev–Trinajstić information content (AvgIpc) is 2.52. The van der Waals surface area contributed by atoms with Crippen LogP contribution in [0.2, 0.25) is 5.02 Å². The summed E-state index contributed by atoms with van der Waals surface area (Å²) in [7, 11) is -3.18. The molecule has 1 aliphatic heterocycles. The zero-order valence-electron chi connectivity index (χ0n) is 14.8. The number of piperazine rings is 1. The maximum absolute atomic E-state index is 11.7. The van der Waals surface area contributed by atoms with Crippen molar-refractivity contribution in [1.82, 2.24) is 4.90 Å². The number of benzene rings is 1. The lowest BCUT2D eigenvalue weighted by Gasteiger charge is -2.36. The van der Waals surface area contributed by atoms with Crippen molar-refractivity contribution in [3.63, 3.8) is 0 Å². The number of halogens is 2. The van der Waals surface area contributed by atoms with Crippen LogP contribution < -0.4 is 10.6 Å². The highest BCUT2D eigenvalue weighted by Gasteiger charge is 2.30. The third kappa shape index (κ3) is 5.89. The number of hydrogen-bond donors (Lipinski definition) is 1. The molecule has 1 heterocycles. The Morgan fingerprint density at radius 2 is 1.72 bits per heavy atom. The van der Waals surface area contributed by atoms with Crippen LogP contribution in [0.3, 0.4) is 0 Å². The molecule has 1 fully saturated rings. The number of guanidine groups is 1. The van der Waals surface area contributed by atoms with Crippen molar-refractivity contribution in [1.29, 1.82) is 0 Å². The van der Waals surface area contributed by atoms with E-state index >= 15 is 0 Å². The van der Waals surface area contributed by atoms with Gasteiger partial charge in [-0.25, -0.2) is 8.42 Å². The van der Waals surface area contributed by atoms with Gasteiger partial charge in [0.2, 0.25) is 0 Å². The number of rotatable bonds is 4. The van der Waals surface area contributed by atoms with E-state index in [4.69, 9.17) is 17.3 Å². The van der Waals surface area contributed by atoms with Gasteiger partial charge in [0.05, 0.1) is 11.3 Å². The summed E-state index contributed by atoms with van der Waals surface area (Å²) in [5.41, 5.74) is 7.18. The summed E-state index contributed by atoms with van der Waals surface area (Å²) < 4.78 is 22.5. The summed E-state index contributed by atoms with van der Waals surface area (Å²) in [6.45, 7) is 6.64. The van der Waals surface area contributed by atoms with Gasteiger partial charge in [-0.3, -0.25) is 4.99 Å². The highest BCUT2D eigenvalue weighted by Crippen LogP contribution is 2.20. The highest BCUT2D eigenvalue weighted by molar-refractivity contribution is 14.0. The van der Waals surface area contributed by atoms with E-state index in [1.165, 1.54) is 6.26 Å². The van der Waals surface area contributed by atoms with Gasteiger partial charge in [0, 0.05) is 43.1 Å². The molecule has 0 amide bonds. The van der Waals surface area contributed by atoms with Gasteiger partial charge >= 0.3 is 0 Å². The Morgan fingerprint density at radius 3 is 2.20 bits per heavy atom. The Kier molecular flexibility index (Phi) is 7.82. The second-order valence-electron chi connectivity index (χ2n) is 6.66. The molecule has 0 saturated carbocycles. The molecule has 1 aromatic carbocycles. The third-order valence-corrected chi connectivity index (χ3v) is 6.81. The Bertz CT molecular complexity index is 699. The van der Waals surface area contributed by atoms with Crippen molar-refractivity contribution in [3.05, 3.63) is 29.3 Å². The number of hydrogen-bond acceptors (Lipinski definition) is 4. The van der Waals surface area contributed by atoms with Crippen LogP contribution in [0.25, 0.3) is 0 Å². The van der Waals surface area contributed by atoms with Gasteiger partial charge < -0.3 is 15.5 Å². The molecule has 0 bridgehead atoms. The van der Waals surface area contributed by atoms with Crippen molar-refractivity contribution in [3.8, 4) is 0 Å². The van der Waals surface area contributed by atoms with Gasteiger partial charge in [-0.05, 0) is 38.1 Å². The molecule has 1 aliphatic rings. The van der Waals surface area contributed by atoms with E-state index in [0.717, 1.165) is 36.9 Å². The number of aliphatic imine (C=N–C) groups is 1. The third-order valence-electron chi connectivity index (χ3n) is 4.42. The molecule has 1 aromatic rings. The molecule has 0 atom stereocenters. The monoisotopic (exact) mass is 500 g/mol. The zero-order valence-corrected chi connectivity index (χ0v) is 18.7. The van der Waals surface area contributed by atoms with E-state index in [-0.39, 0.29) is 30.5 Å². The van der Waals surface area contributed by atoms with Crippen LogP contribution in [0.15, 0.2) is 29.3 Å². The smallest absolute Gasteiger partial charge is 0.191 e. The summed E-state index contributed by atoms with van der Waals surface area (Å²) in [5, 5.41) is 0.724. The quantitative estimate of drug-likeness (QED) is 0.390. The first-order valence-corrected chi connectivity index (χ1v) is 10.1. The fourth-order valence-corrected chi connectivity index (χ4v) is 2.76. The maximum atomic E-state index is 11.7. The Hall–Kier alpha value is -0.740. The lowest BCUT2D eigenvalue weighted by molar-refractivity contribution is 0.380. The molecule has 6 nitrogen and oxygen atoms in total. The topological polar surface area (TPSA) is 79.0 Å². The Labute approximate surface area is 172 Å². The predicted molar refractivity (Wildman–Crippen MR) is 116 cm³/mol. The van der Waals surface area contributed by atoms with Crippen LogP contribution in [0.1, 0.15) is 13.8 Å². The second-order valence-corrected chi connectivity index (χ2v) is 9.74. The van der Waals surface area contributed by atoms with Gasteiger partial charge in [0.25, 0.3) is 0 Å².